The van der Waals surface area contributed by atoms with Crippen LogP contribution in [-0.2, 0) is 0 Å². The van der Waals surface area contributed by atoms with Crippen molar-refractivity contribution in [2.75, 3.05) is 7.05 Å². The van der Waals surface area contributed by atoms with Crippen molar-refractivity contribution in [1.82, 2.24) is 10.3 Å². The molecule has 1 rings (SSSR count). The molecule has 1 N–H and O–H groups in total. The Kier molecular flexibility index (Phi) is 5.26. The summed E-state index contributed by atoms with van der Waals surface area (Å²) < 4.78 is 0. The summed E-state index contributed by atoms with van der Waals surface area (Å²) in [7, 11) is 1.80. The fourth-order valence-electron chi connectivity index (χ4n) is 1.47. The van der Waals surface area contributed by atoms with Crippen molar-refractivity contribution in [3.8, 4) is 6.07 Å². The molecule has 0 aliphatic carbocycles. The van der Waals surface area contributed by atoms with E-state index in [2.05, 4.69) is 23.3 Å². The van der Waals surface area contributed by atoms with Gasteiger partial charge in [-0.3, -0.25) is 0 Å². The van der Waals surface area contributed by atoms with Gasteiger partial charge in [0.25, 0.3) is 0 Å². The third-order valence-electron chi connectivity index (χ3n) is 2.53. The summed E-state index contributed by atoms with van der Waals surface area (Å²) in [5.41, 5.74) is -0.506. The molecule has 2 unspecified atom stereocenters. The maximum Gasteiger partial charge on any atom is 0.115 e. The smallest absolute Gasteiger partial charge is 0.115 e. The zero-order valence-corrected chi connectivity index (χ0v) is 11.8. The Bertz CT molecular complexity index is 418. The molecule has 0 aromatic carbocycles. The van der Waals surface area contributed by atoms with Gasteiger partial charge in [-0.05, 0) is 32.5 Å². The van der Waals surface area contributed by atoms with Crippen LogP contribution in [0, 0.1) is 11.3 Å². The number of halogens is 1. The second kappa shape index (κ2) is 6.25. The number of aromatic nitrogens is 1. The van der Waals surface area contributed by atoms with Gasteiger partial charge >= 0.3 is 0 Å². The summed E-state index contributed by atoms with van der Waals surface area (Å²) in [5.74, 6) is 0. The highest BCUT2D eigenvalue weighted by atomic mass is 35.5. The van der Waals surface area contributed by atoms with Crippen LogP contribution in [0.3, 0.4) is 0 Å². The first kappa shape index (κ1) is 14.3. The van der Waals surface area contributed by atoms with E-state index in [9.17, 15) is 0 Å². The SMILES string of the molecule is CNC(C)(C#N)CC(C)Sc1ncccc1Cl. The monoisotopic (exact) mass is 269 g/mol. The van der Waals surface area contributed by atoms with Gasteiger partial charge in [0.05, 0.1) is 11.1 Å². The van der Waals surface area contributed by atoms with Gasteiger partial charge in [0, 0.05) is 11.4 Å². The van der Waals surface area contributed by atoms with E-state index in [4.69, 9.17) is 16.9 Å². The quantitative estimate of drug-likeness (QED) is 0.835. The lowest BCUT2D eigenvalue weighted by Gasteiger charge is -2.24. The molecule has 0 spiro atoms. The van der Waals surface area contributed by atoms with Gasteiger partial charge in [0.15, 0.2) is 0 Å². The first-order valence-electron chi connectivity index (χ1n) is 5.38. The predicted molar refractivity (Wildman–Crippen MR) is 72.3 cm³/mol. The average molecular weight is 270 g/mol. The molecule has 0 saturated heterocycles. The highest BCUT2D eigenvalue weighted by Gasteiger charge is 2.25. The van der Waals surface area contributed by atoms with Crippen molar-refractivity contribution >= 4 is 23.4 Å². The second-order valence-electron chi connectivity index (χ2n) is 4.12. The Morgan fingerprint density at radius 1 is 1.71 bits per heavy atom. The van der Waals surface area contributed by atoms with E-state index in [0.29, 0.717) is 5.02 Å². The number of hydrogen-bond donors (Lipinski definition) is 1. The number of thioether (sulfide) groups is 1. The molecule has 0 amide bonds. The average Bonchev–Trinajstić information content (AvgIpc) is 2.32. The predicted octanol–water partition coefficient (Wildman–Crippen LogP) is 3.11. The van der Waals surface area contributed by atoms with Crippen molar-refractivity contribution < 1.29 is 0 Å². The summed E-state index contributed by atoms with van der Waals surface area (Å²) in [6.45, 7) is 3.96. The zero-order chi connectivity index (χ0) is 12.9. The number of nitriles is 1. The maximum atomic E-state index is 9.09. The molecule has 2 atom stereocenters. The van der Waals surface area contributed by atoms with E-state index in [-0.39, 0.29) is 5.25 Å². The van der Waals surface area contributed by atoms with E-state index in [1.54, 1.807) is 25.0 Å². The lowest BCUT2D eigenvalue weighted by molar-refractivity contribution is 0.455. The van der Waals surface area contributed by atoms with Gasteiger partial charge in [-0.25, -0.2) is 4.98 Å². The van der Waals surface area contributed by atoms with Crippen LogP contribution >= 0.6 is 23.4 Å². The van der Waals surface area contributed by atoms with Crippen LogP contribution in [0.5, 0.6) is 0 Å². The van der Waals surface area contributed by atoms with Gasteiger partial charge in [-0.2, -0.15) is 5.26 Å². The number of pyridine rings is 1. The molecule has 1 heterocycles. The summed E-state index contributed by atoms with van der Waals surface area (Å²) >= 11 is 7.64. The van der Waals surface area contributed by atoms with Crippen LogP contribution in [0.2, 0.25) is 5.02 Å². The Balaban J connectivity index is 2.65. The van der Waals surface area contributed by atoms with E-state index in [1.165, 1.54) is 0 Å². The molecule has 3 nitrogen and oxygen atoms in total. The lowest BCUT2D eigenvalue weighted by atomic mass is 9.98. The number of nitrogens with one attached hydrogen (secondary N) is 1. The van der Waals surface area contributed by atoms with Crippen molar-refractivity contribution in [2.24, 2.45) is 0 Å². The minimum Gasteiger partial charge on any atom is -0.303 e. The normalized spacial score (nSPS) is 15.9. The van der Waals surface area contributed by atoms with Gasteiger partial charge in [-0.1, -0.05) is 18.5 Å². The van der Waals surface area contributed by atoms with Crippen molar-refractivity contribution in [3.05, 3.63) is 23.4 Å². The molecular weight excluding hydrogens is 254 g/mol. The molecule has 0 aliphatic heterocycles. The van der Waals surface area contributed by atoms with Gasteiger partial charge in [0.2, 0.25) is 0 Å². The third kappa shape index (κ3) is 4.19. The zero-order valence-electron chi connectivity index (χ0n) is 10.2. The van der Waals surface area contributed by atoms with Crippen LogP contribution in [0.25, 0.3) is 0 Å². The Labute approximate surface area is 112 Å². The highest BCUT2D eigenvalue weighted by Crippen LogP contribution is 2.31. The van der Waals surface area contributed by atoms with Crippen LogP contribution in [-0.4, -0.2) is 22.8 Å². The molecule has 17 heavy (non-hydrogen) atoms. The van der Waals surface area contributed by atoms with Crippen molar-refractivity contribution in [3.63, 3.8) is 0 Å². The molecule has 5 heteroatoms. The number of nitrogens with zero attached hydrogens (tertiary/aromatic N) is 2. The Hall–Kier alpha value is -0.760. The van der Waals surface area contributed by atoms with E-state index in [1.807, 2.05) is 19.1 Å². The molecule has 0 saturated carbocycles. The van der Waals surface area contributed by atoms with E-state index in [0.717, 1.165) is 11.4 Å². The Morgan fingerprint density at radius 3 is 2.94 bits per heavy atom. The molecule has 1 aromatic heterocycles. The lowest BCUT2D eigenvalue weighted by Crippen LogP contribution is -2.40. The van der Waals surface area contributed by atoms with Crippen molar-refractivity contribution in [1.29, 1.82) is 5.26 Å². The third-order valence-corrected chi connectivity index (χ3v) is 4.07. The Morgan fingerprint density at radius 2 is 2.41 bits per heavy atom. The second-order valence-corrected chi connectivity index (χ2v) is 5.95. The molecule has 0 aliphatic rings. The molecule has 92 valence electrons. The van der Waals surface area contributed by atoms with E-state index >= 15 is 0 Å². The fourth-order valence-corrected chi connectivity index (χ4v) is 2.82. The first-order chi connectivity index (χ1) is 8.00. The maximum absolute atomic E-state index is 9.09. The first-order valence-corrected chi connectivity index (χ1v) is 6.64. The van der Waals surface area contributed by atoms with Crippen LogP contribution in [0.4, 0.5) is 0 Å². The largest absolute Gasteiger partial charge is 0.303 e. The minimum atomic E-state index is -0.506. The van der Waals surface area contributed by atoms with Crippen LogP contribution in [0.1, 0.15) is 20.3 Å². The summed E-state index contributed by atoms with van der Waals surface area (Å²) in [4.78, 5) is 4.23. The summed E-state index contributed by atoms with van der Waals surface area (Å²) in [6, 6.07) is 5.92. The van der Waals surface area contributed by atoms with Gasteiger partial charge < -0.3 is 5.32 Å². The fraction of sp³-hybridized carbons (Fsp3) is 0.500. The topological polar surface area (TPSA) is 48.7 Å². The standard InChI is InChI=1S/C12H16ClN3S/c1-9(7-12(2,8-14)15-3)17-11-10(13)5-4-6-16-11/h4-6,9,15H,7H2,1-3H3. The van der Waals surface area contributed by atoms with E-state index < -0.39 is 5.54 Å². The molecular formula is C12H16ClN3S. The number of hydrogen-bond acceptors (Lipinski definition) is 4. The summed E-state index contributed by atoms with van der Waals surface area (Å²) in [6.07, 6.45) is 2.46. The van der Waals surface area contributed by atoms with Crippen LogP contribution in [0.15, 0.2) is 23.4 Å². The van der Waals surface area contributed by atoms with Gasteiger partial charge in [0.1, 0.15) is 10.6 Å². The van der Waals surface area contributed by atoms with Crippen LogP contribution < -0.4 is 5.32 Å². The van der Waals surface area contributed by atoms with Gasteiger partial charge in [-0.15, -0.1) is 11.8 Å². The molecule has 0 bridgehead atoms. The number of rotatable bonds is 5. The molecule has 0 radical (unpaired) electrons. The summed E-state index contributed by atoms with van der Waals surface area (Å²) in [5, 5.41) is 13.9. The minimum absolute atomic E-state index is 0.263. The van der Waals surface area contributed by atoms with Crippen molar-refractivity contribution in [2.45, 2.75) is 36.1 Å². The molecule has 1 aromatic rings. The highest BCUT2D eigenvalue weighted by molar-refractivity contribution is 7.99. The molecule has 0 fully saturated rings.